The number of rotatable bonds is 16. The van der Waals surface area contributed by atoms with E-state index in [-0.39, 0.29) is 56.0 Å². The van der Waals surface area contributed by atoms with E-state index in [2.05, 4.69) is 38.7 Å². The minimum absolute atomic E-state index is 0.114. The Kier molecular flexibility index (Phi) is 14.4. The first-order chi connectivity index (χ1) is 20.8. The van der Waals surface area contributed by atoms with Crippen LogP contribution in [0.3, 0.4) is 0 Å². The van der Waals surface area contributed by atoms with Crippen LogP contribution in [0.5, 0.6) is 0 Å². The van der Waals surface area contributed by atoms with Crippen LogP contribution in [0.15, 0.2) is 47.6 Å². The molecule has 0 aliphatic heterocycles. The molecule has 3 aliphatic carbocycles. The molecule has 0 heterocycles. The summed E-state index contributed by atoms with van der Waals surface area (Å²) in [6.45, 7) is 17.0. The molecule has 6 atom stereocenters. The number of allylic oxidation sites excluding steroid dienone is 5. The lowest BCUT2D eigenvalue weighted by molar-refractivity contribution is 0.0862. The highest BCUT2D eigenvalue weighted by molar-refractivity contribution is 7.55. The van der Waals surface area contributed by atoms with Crippen molar-refractivity contribution in [1.82, 2.24) is 0 Å². The molecule has 0 bridgehead atoms. The summed E-state index contributed by atoms with van der Waals surface area (Å²) in [7, 11) is -6.79. The zero-order valence-electron chi connectivity index (χ0n) is 27.9. The molecule has 0 aromatic carbocycles. The fourth-order valence-corrected chi connectivity index (χ4v) is 11.9. The quantitative estimate of drug-likeness (QED) is 0.126. The summed E-state index contributed by atoms with van der Waals surface area (Å²) in [4.78, 5) is 0. The van der Waals surface area contributed by atoms with E-state index in [0.717, 1.165) is 43.3 Å². The van der Waals surface area contributed by atoms with Crippen LogP contribution in [0, 0.1) is 29.1 Å². The van der Waals surface area contributed by atoms with Crippen LogP contribution in [-0.4, -0.2) is 61.2 Å². The van der Waals surface area contributed by atoms with Crippen molar-refractivity contribution in [2.24, 2.45) is 29.1 Å². The summed E-state index contributed by atoms with van der Waals surface area (Å²) in [5.41, 5.74) is 3.26. The summed E-state index contributed by atoms with van der Waals surface area (Å²) in [5.74, 6) is 0.831. The summed E-state index contributed by atoms with van der Waals surface area (Å²) in [6.07, 6.45) is 14.1. The maximum atomic E-state index is 13.5. The number of aliphatic hydroxyl groups excluding tert-OH is 2. The van der Waals surface area contributed by atoms with Gasteiger partial charge in [0.1, 0.15) is 0 Å². The average molecular weight is 657 g/mol. The molecule has 8 nitrogen and oxygen atoms in total. The molecule has 0 amide bonds. The first-order valence-electron chi connectivity index (χ1n) is 16.7. The zero-order chi connectivity index (χ0) is 32.5. The molecule has 2 N–H and O–H groups in total. The molecule has 0 aromatic rings. The van der Waals surface area contributed by atoms with E-state index in [4.69, 9.17) is 18.1 Å². The van der Waals surface area contributed by atoms with E-state index >= 15 is 0 Å². The van der Waals surface area contributed by atoms with Gasteiger partial charge in [-0.3, -0.25) is 9.13 Å². The highest BCUT2D eigenvalue weighted by Gasteiger charge is 2.50. The smallest absolute Gasteiger partial charge is 0.331 e. The van der Waals surface area contributed by atoms with Crippen molar-refractivity contribution < 1.29 is 37.4 Å². The van der Waals surface area contributed by atoms with Crippen LogP contribution >= 0.6 is 15.2 Å². The summed E-state index contributed by atoms with van der Waals surface area (Å²) < 4.78 is 49.5. The first-order valence-corrected chi connectivity index (χ1v) is 20.2. The summed E-state index contributed by atoms with van der Waals surface area (Å²) >= 11 is 0. The van der Waals surface area contributed by atoms with Crippen molar-refractivity contribution in [3.8, 4) is 0 Å². The molecule has 3 rings (SSSR count). The van der Waals surface area contributed by atoms with Gasteiger partial charge in [-0.05, 0) is 106 Å². The van der Waals surface area contributed by atoms with Gasteiger partial charge in [0, 0.05) is 6.42 Å². The maximum Gasteiger partial charge on any atom is 0.331 e. The van der Waals surface area contributed by atoms with Gasteiger partial charge in [0.05, 0.1) is 51.0 Å². The van der Waals surface area contributed by atoms with Crippen LogP contribution in [0.25, 0.3) is 0 Å². The Morgan fingerprint density at radius 3 is 2.05 bits per heavy atom. The SMILES string of the molecule is C=C1/C(=C\C=C2/CCC[C@]3(C)[C@@H]([C@H](C)/C=C/C(CP(=O)(OCC)OCC)CP(=O)(OCC)OCC)CC[C@@H]23)C[C@@H](O)C[C@@H]1O. The van der Waals surface area contributed by atoms with Crippen molar-refractivity contribution in [2.45, 2.75) is 98.7 Å². The third-order valence-corrected chi connectivity index (χ3v) is 14.3. The molecular formula is C34H58O8P2. The molecule has 44 heavy (non-hydrogen) atoms. The first kappa shape index (κ1) is 37.6. The van der Waals surface area contributed by atoms with Gasteiger partial charge >= 0.3 is 15.2 Å². The fourth-order valence-electron chi connectivity index (χ4n) is 7.90. The van der Waals surface area contributed by atoms with Gasteiger partial charge in [-0.2, -0.15) is 0 Å². The van der Waals surface area contributed by atoms with Gasteiger partial charge in [-0.15, -0.1) is 0 Å². The molecule has 0 spiro atoms. The van der Waals surface area contributed by atoms with Gasteiger partial charge in [0.25, 0.3) is 0 Å². The Morgan fingerprint density at radius 2 is 1.50 bits per heavy atom. The van der Waals surface area contributed by atoms with E-state index in [1.807, 2.05) is 6.08 Å². The Bertz CT molecular complexity index is 1090. The average Bonchev–Trinajstić information content (AvgIpc) is 3.30. The van der Waals surface area contributed by atoms with Crippen LogP contribution in [0.1, 0.15) is 86.5 Å². The molecular weight excluding hydrogens is 598 g/mol. The lowest BCUT2D eigenvalue weighted by Crippen LogP contribution is -2.35. The number of fused-ring (bicyclic) bond motifs is 1. The minimum atomic E-state index is -3.40. The second kappa shape index (κ2) is 16.8. The maximum absolute atomic E-state index is 13.5. The van der Waals surface area contributed by atoms with E-state index in [9.17, 15) is 19.3 Å². The van der Waals surface area contributed by atoms with Gasteiger partial charge < -0.3 is 28.3 Å². The Morgan fingerprint density at radius 1 is 0.932 bits per heavy atom. The Labute approximate surface area is 266 Å². The Balaban J connectivity index is 1.83. The van der Waals surface area contributed by atoms with Crippen molar-refractivity contribution in [1.29, 1.82) is 0 Å². The van der Waals surface area contributed by atoms with Crippen LogP contribution < -0.4 is 0 Å². The molecule has 10 heteroatoms. The van der Waals surface area contributed by atoms with Crippen LogP contribution in [0.4, 0.5) is 0 Å². The highest BCUT2D eigenvalue weighted by Crippen LogP contribution is 2.60. The van der Waals surface area contributed by atoms with Crippen LogP contribution in [0.2, 0.25) is 0 Å². The normalized spacial score (nSPS) is 31.0. The molecule has 0 radical (unpaired) electrons. The molecule has 3 saturated carbocycles. The fraction of sp³-hybridized carbons (Fsp3) is 0.765. The third kappa shape index (κ3) is 9.61. The predicted octanol–water partition coefficient (Wildman–Crippen LogP) is 8.47. The second-order valence-corrected chi connectivity index (χ2v) is 17.1. The predicted molar refractivity (Wildman–Crippen MR) is 178 cm³/mol. The van der Waals surface area contributed by atoms with Crippen molar-refractivity contribution in [2.75, 3.05) is 38.8 Å². The van der Waals surface area contributed by atoms with Crippen LogP contribution in [-0.2, 0) is 27.2 Å². The van der Waals surface area contributed by atoms with E-state index in [1.165, 1.54) is 5.57 Å². The van der Waals surface area contributed by atoms with Gasteiger partial charge in [0.2, 0.25) is 0 Å². The summed E-state index contributed by atoms with van der Waals surface area (Å²) in [6, 6.07) is 0. The number of aliphatic hydroxyl groups is 2. The number of hydrogen-bond acceptors (Lipinski definition) is 8. The monoisotopic (exact) mass is 656 g/mol. The van der Waals surface area contributed by atoms with E-state index in [0.29, 0.717) is 24.7 Å². The zero-order valence-corrected chi connectivity index (χ0v) is 29.7. The van der Waals surface area contributed by atoms with Gasteiger partial charge in [0.15, 0.2) is 0 Å². The standard InChI is InChI=1S/C34H58O8P2/c1-8-39-43(37,40-9-2)23-27(24-44(38,41-10-3)42-11-4)15-14-25(5)31-18-19-32-28(13-12-20-34(31,32)7)16-17-29-21-30(35)22-33(36)26(29)6/h14-17,25,27,30-33,35-36H,6,8-13,18-24H2,1-5,7H3/b15-14+,28-16+,29-17-/t25-,30-,31-,32+,33+,34-/m1/s1. The molecule has 0 aromatic heterocycles. The largest absolute Gasteiger partial charge is 0.393 e. The molecule has 252 valence electrons. The topological polar surface area (TPSA) is 112 Å². The van der Waals surface area contributed by atoms with E-state index < -0.39 is 27.4 Å². The third-order valence-electron chi connectivity index (χ3n) is 9.84. The molecule has 3 aliphatic rings. The second-order valence-electron chi connectivity index (χ2n) is 12.9. The minimum Gasteiger partial charge on any atom is -0.393 e. The van der Waals surface area contributed by atoms with E-state index in [1.54, 1.807) is 27.7 Å². The van der Waals surface area contributed by atoms with Gasteiger partial charge in [-0.25, -0.2) is 0 Å². The van der Waals surface area contributed by atoms with Crippen molar-refractivity contribution in [3.05, 3.63) is 47.6 Å². The Hall–Kier alpha value is -0.820. The highest BCUT2D eigenvalue weighted by atomic mass is 31.2. The van der Waals surface area contributed by atoms with Crippen molar-refractivity contribution in [3.63, 3.8) is 0 Å². The number of hydrogen-bond donors (Lipinski definition) is 2. The molecule has 0 saturated heterocycles. The van der Waals surface area contributed by atoms with Gasteiger partial charge in [-0.1, -0.05) is 50.3 Å². The lowest BCUT2D eigenvalue weighted by Gasteiger charge is -2.44. The van der Waals surface area contributed by atoms with Crippen molar-refractivity contribution >= 4 is 15.2 Å². The molecule has 3 fully saturated rings. The lowest BCUT2D eigenvalue weighted by atomic mass is 9.61. The summed E-state index contributed by atoms with van der Waals surface area (Å²) in [5, 5.41) is 20.5. The molecule has 0 unspecified atom stereocenters.